The summed E-state index contributed by atoms with van der Waals surface area (Å²) in [5.41, 5.74) is 2.28. The number of nitrogens with zero attached hydrogens (tertiary/aromatic N) is 1. The molecule has 2 aromatic rings. The molecule has 0 bridgehead atoms. The molecule has 0 aliphatic heterocycles. The second-order valence-corrected chi connectivity index (χ2v) is 5.57. The molecule has 0 saturated heterocycles. The van der Waals surface area contributed by atoms with Crippen LogP contribution >= 0.6 is 34.8 Å². The minimum atomic E-state index is -0.281. The minimum absolute atomic E-state index is 0.259. The molecule has 2 rings (SSSR count). The van der Waals surface area contributed by atoms with Gasteiger partial charge in [-0.25, -0.2) is 0 Å². The molecule has 0 unspecified atom stereocenters. The zero-order chi connectivity index (χ0) is 14.9. The molecule has 0 N–H and O–H groups in total. The summed E-state index contributed by atoms with van der Waals surface area (Å²) >= 11 is 18.5. The van der Waals surface area contributed by atoms with Crippen LogP contribution in [0.25, 0.3) is 10.9 Å². The SMILES string of the molecule is COC(=O)CCc1cc(C)nc2c(Cl)cc(Cl)c(Cl)c12. The minimum Gasteiger partial charge on any atom is -0.469 e. The summed E-state index contributed by atoms with van der Waals surface area (Å²) in [5.74, 6) is -0.281. The Labute approximate surface area is 131 Å². The number of aromatic nitrogens is 1. The summed E-state index contributed by atoms with van der Waals surface area (Å²) in [6.45, 7) is 1.86. The summed E-state index contributed by atoms with van der Waals surface area (Å²) in [7, 11) is 1.36. The second-order valence-electron chi connectivity index (χ2n) is 4.38. The van der Waals surface area contributed by atoms with Crippen LogP contribution in [-0.4, -0.2) is 18.1 Å². The highest BCUT2D eigenvalue weighted by Gasteiger charge is 2.15. The zero-order valence-corrected chi connectivity index (χ0v) is 13.2. The Morgan fingerprint density at radius 3 is 2.60 bits per heavy atom. The predicted molar refractivity (Wildman–Crippen MR) is 81.8 cm³/mol. The quantitative estimate of drug-likeness (QED) is 0.608. The van der Waals surface area contributed by atoms with Gasteiger partial charge in [0.15, 0.2) is 0 Å². The third-order valence-corrected chi connectivity index (χ3v) is 4.04. The normalized spacial score (nSPS) is 10.8. The van der Waals surface area contributed by atoms with E-state index in [0.717, 1.165) is 11.3 Å². The van der Waals surface area contributed by atoms with Gasteiger partial charge in [-0.1, -0.05) is 34.8 Å². The third-order valence-electron chi connectivity index (χ3n) is 2.96. The summed E-state index contributed by atoms with van der Waals surface area (Å²) in [4.78, 5) is 15.7. The molecular weight excluding hydrogens is 321 g/mol. The molecule has 0 fully saturated rings. The first kappa shape index (κ1) is 15.4. The monoisotopic (exact) mass is 331 g/mol. The highest BCUT2D eigenvalue weighted by Crippen LogP contribution is 2.37. The van der Waals surface area contributed by atoms with Crippen molar-refractivity contribution in [2.24, 2.45) is 0 Å². The lowest BCUT2D eigenvalue weighted by molar-refractivity contribution is -0.140. The average Bonchev–Trinajstić information content (AvgIpc) is 2.41. The molecule has 20 heavy (non-hydrogen) atoms. The van der Waals surface area contributed by atoms with Crippen LogP contribution in [0.1, 0.15) is 17.7 Å². The maximum Gasteiger partial charge on any atom is 0.305 e. The summed E-state index contributed by atoms with van der Waals surface area (Å²) in [6.07, 6.45) is 0.748. The topological polar surface area (TPSA) is 39.2 Å². The lowest BCUT2D eigenvalue weighted by Crippen LogP contribution is -2.03. The van der Waals surface area contributed by atoms with Gasteiger partial charge in [0, 0.05) is 17.5 Å². The van der Waals surface area contributed by atoms with Crippen molar-refractivity contribution in [2.75, 3.05) is 7.11 Å². The first-order valence-corrected chi connectivity index (χ1v) is 7.08. The molecule has 0 amide bonds. The maximum absolute atomic E-state index is 11.3. The Hall–Kier alpha value is -1.03. The van der Waals surface area contributed by atoms with E-state index < -0.39 is 0 Å². The molecule has 0 aliphatic carbocycles. The van der Waals surface area contributed by atoms with Crippen LogP contribution in [0.4, 0.5) is 0 Å². The number of methoxy groups -OCH3 is 1. The fourth-order valence-electron chi connectivity index (χ4n) is 2.06. The van der Waals surface area contributed by atoms with Crippen molar-refractivity contribution in [3.8, 4) is 0 Å². The van der Waals surface area contributed by atoms with E-state index in [4.69, 9.17) is 34.8 Å². The molecule has 0 radical (unpaired) electrons. The van der Waals surface area contributed by atoms with Crippen LogP contribution in [0.5, 0.6) is 0 Å². The summed E-state index contributed by atoms with van der Waals surface area (Å²) < 4.78 is 4.65. The van der Waals surface area contributed by atoms with Gasteiger partial charge in [0.2, 0.25) is 0 Å². The molecule has 1 aromatic carbocycles. The molecule has 1 heterocycles. The number of hydrogen-bond acceptors (Lipinski definition) is 3. The van der Waals surface area contributed by atoms with Gasteiger partial charge in [-0.3, -0.25) is 9.78 Å². The molecule has 1 aromatic heterocycles. The van der Waals surface area contributed by atoms with Gasteiger partial charge in [-0.2, -0.15) is 0 Å². The number of hydrogen-bond donors (Lipinski definition) is 0. The van der Waals surface area contributed by atoms with Crippen LogP contribution in [-0.2, 0) is 16.0 Å². The van der Waals surface area contributed by atoms with Crippen molar-refractivity contribution in [1.82, 2.24) is 4.98 Å². The van der Waals surface area contributed by atoms with Crippen LogP contribution < -0.4 is 0 Å². The van der Waals surface area contributed by atoms with E-state index in [9.17, 15) is 4.79 Å². The molecule has 6 heteroatoms. The Kier molecular flexibility index (Phi) is 4.74. The standard InChI is InChI=1S/C14H12Cl3NO2/c1-7-5-8(3-4-11(19)20-2)12-13(17)9(15)6-10(16)14(12)18-7/h5-6H,3-4H2,1-2H3. The van der Waals surface area contributed by atoms with E-state index >= 15 is 0 Å². The average molecular weight is 333 g/mol. The number of ether oxygens (including phenoxy) is 1. The van der Waals surface area contributed by atoms with Crippen LogP contribution in [0, 0.1) is 6.92 Å². The molecular formula is C14H12Cl3NO2. The Morgan fingerprint density at radius 2 is 1.95 bits per heavy atom. The number of halogens is 3. The molecule has 3 nitrogen and oxygen atoms in total. The second kappa shape index (κ2) is 6.17. The highest BCUT2D eigenvalue weighted by molar-refractivity contribution is 6.47. The van der Waals surface area contributed by atoms with Gasteiger partial charge in [-0.05, 0) is 31.0 Å². The van der Waals surface area contributed by atoms with Crippen molar-refractivity contribution in [3.63, 3.8) is 0 Å². The summed E-state index contributed by atoms with van der Waals surface area (Å²) in [5, 5.41) is 1.91. The number of rotatable bonds is 3. The van der Waals surface area contributed by atoms with Gasteiger partial charge in [0.1, 0.15) is 0 Å². The smallest absolute Gasteiger partial charge is 0.305 e. The van der Waals surface area contributed by atoms with E-state index in [2.05, 4.69) is 9.72 Å². The fourth-order valence-corrected chi connectivity index (χ4v) is 2.83. The number of esters is 1. The van der Waals surface area contributed by atoms with E-state index in [1.165, 1.54) is 7.11 Å². The van der Waals surface area contributed by atoms with Crippen molar-refractivity contribution < 1.29 is 9.53 Å². The molecule has 0 atom stereocenters. The van der Waals surface area contributed by atoms with Crippen LogP contribution in [0.2, 0.25) is 15.1 Å². The van der Waals surface area contributed by atoms with Crippen molar-refractivity contribution in [1.29, 1.82) is 0 Å². The largest absolute Gasteiger partial charge is 0.469 e. The summed E-state index contributed by atoms with van der Waals surface area (Å²) in [6, 6.07) is 3.45. The third kappa shape index (κ3) is 3.00. The fraction of sp³-hybridized carbons (Fsp3) is 0.286. The van der Waals surface area contributed by atoms with Gasteiger partial charge in [0.25, 0.3) is 0 Å². The maximum atomic E-state index is 11.3. The van der Waals surface area contributed by atoms with Gasteiger partial charge >= 0.3 is 5.97 Å². The van der Waals surface area contributed by atoms with Crippen molar-refractivity contribution >= 4 is 51.7 Å². The number of fused-ring (bicyclic) bond motifs is 1. The number of benzene rings is 1. The predicted octanol–water partition coefficient (Wildman–Crippen LogP) is 4.61. The van der Waals surface area contributed by atoms with E-state index in [1.54, 1.807) is 6.07 Å². The van der Waals surface area contributed by atoms with Gasteiger partial charge < -0.3 is 4.74 Å². The van der Waals surface area contributed by atoms with Crippen LogP contribution in [0.15, 0.2) is 12.1 Å². The van der Waals surface area contributed by atoms with Crippen LogP contribution in [0.3, 0.4) is 0 Å². The molecule has 106 valence electrons. The van der Waals surface area contributed by atoms with Crippen molar-refractivity contribution in [3.05, 3.63) is 38.5 Å². The Balaban J connectivity index is 2.60. The lowest BCUT2D eigenvalue weighted by atomic mass is 10.0. The van der Waals surface area contributed by atoms with Gasteiger partial charge in [0.05, 0.1) is 27.7 Å². The molecule has 0 spiro atoms. The molecule has 0 aliphatic rings. The first-order chi connectivity index (χ1) is 9.43. The molecule has 0 saturated carbocycles. The zero-order valence-electron chi connectivity index (χ0n) is 11.0. The number of pyridine rings is 1. The highest BCUT2D eigenvalue weighted by atomic mass is 35.5. The van der Waals surface area contributed by atoms with E-state index in [-0.39, 0.29) is 12.4 Å². The Morgan fingerprint density at radius 1 is 1.25 bits per heavy atom. The Bertz CT molecular complexity index is 686. The number of aryl methyl sites for hydroxylation is 2. The number of carbonyl (C=O) groups excluding carboxylic acids is 1. The van der Waals surface area contributed by atoms with Crippen molar-refractivity contribution in [2.45, 2.75) is 19.8 Å². The number of carbonyl (C=O) groups is 1. The van der Waals surface area contributed by atoms with Gasteiger partial charge in [-0.15, -0.1) is 0 Å². The lowest BCUT2D eigenvalue weighted by Gasteiger charge is -2.11. The van der Waals surface area contributed by atoms with E-state index in [0.29, 0.717) is 32.4 Å². The first-order valence-electron chi connectivity index (χ1n) is 5.94. The van der Waals surface area contributed by atoms with E-state index in [1.807, 2.05) is 13.0 Å².